The van der Waals surface area contributed by atoms with Crippen molar-refractivity contribution in [2.75, 3.05) is 32.3 Å². The fourth-order valence-corrected chi connectivity index (χ4v) is 5.44. The van der Waals surface area contributed by atoms with Gasteiger partial charge in [-0.25, -0.2) is 9.59 Å². The van der Waals surface area contributed by atoms with Gasteiger partial charge in [-0.2, -0.15) is 0 Å². The van der Waals surface area contributed by atoms with Crippen LogP contribution in [0.2, 0.25) is 0 Å². The van der Waals surface area contributed by atoms with Gasteiger partial charge in [0.05, 0.1) is 0 Å². The van der Waals surface area contributed by atoms with Crippen molar-refractivity contribution < 1.29 is 23.8 Å². The van der Waals surface area contributed by atoms with Crippen LogP contribution in [0, 0.1) is 10.8 Å². The minimum absolute atomic E-state index is 0.215. The maximum Gasteiger partial charge on any atom is 0.519 e. The Bertz CT molecular complexity index is 438. The number of carbonyl (C=O) groups excluding carboxylic acids is 2. The predicted octanol–water partition coefficient (Wildman–Crippen LogP) is 5.94. The first kappa shape index (κ1) is 24.6. The van der Waals surface area contributed by atoms with Crippen LogP contribution in [-0.2, 0) is 14.2 Å². The lowest BCUT2D eigenvalue weighted by molar-refractivity contribution is -0.0176. The second kappa shape index (κ2) is 10.1. The topological polar surface area (TPSA) is 61.8 Å². The highest BCUT2D eigenvalue weighted by Crippen LogP contribution is 2.46. The lowest BCUT2D eigenvalue weighted by Gasteiger charge is -2.34. The zero-order valence-corrected chi connectivity index (χ0v) is 19.3. The Labute approximate surface area is 156 Å². The molecular formula is C18H36O5P2. The molecule has 0 heterocycles. The summed E-state index contributed by atoms with van der Waals surface area (Å²) in [6, 6.07) is 0. The number of hydrogen-bond donors (Lipinski definition) is 0. The van der Waals surface area contributed by atoms with E-state index >= 15 is 0 Å². The second-order valence-corrected chi connectivity index (χ2v) is 13.9. The first-order valence-corrected chi connectivity index (χ1v) is 13.1. The zero-order chi connectivity index (χ0) is 20.0. The van der Waals surface area contributed by atoms with Gasteiger partial charge >= 0.3 is 12.3 Å². The molecule has 0 aliphatic rings. The summed E-state index contributed by atoms with van der Waals surface area (Å²) in [4.78, 5) is 24.1. The highest BCUT2D eigenvalue weighted by molar-refractivity contribution is 7.57. The molecule has 3 atom stereocenters. The lowest BCUT2D eigenvalue weighted by Crippen LogP contribution is -2.36. The molecule has 148 valence electrons. The van der Waals surface area contributed by atoms with Gasteiger partial charge in [0.25, 0.3) is 0 Å². The summed E-state index contributed by atoms with van der Waals surface area (Å²) in [6.07, 6.45) is -0.560. The van der Waals surface area contributed by atoms with Crippen molar-refractivity contribution in [3.05, 3.63) is 0 Å². The first-order valence-electron chi connectivity index (χ1n) is 8.62. The van der Waals surface area contributed by atoms with Crippen LogP contribution in [0.25, 0.3) is 0 Å². The van der Waals surface area contributed by atoms with E-state index in [-0.39, 0.29) is 30.7 Å². The van der Waals surface area contributed by atoms with Gasteiger partial charge in [0.1, 0.15) is 11.9 Å². The van der Waals surface area contributed by atoms with Crippen LogP contribution < -0.4 is 0 Å². The molecule has 0 spiro atoms. The summed E-state index contributed by atoms with van der Waals surface area (Å²) in [5.41, 5.74) is -0.434. The smallest absolute Gasteiger partial charge is 0.430 e. The minimum Gasteiger partial charge on any atom is -0.430 e. The molecule has 0 bridgehead atoms. The van der Waals surface area contributed by atoms with E-state index < -0.39 is 20.2 Å². The van der Waals surface area contributed by atoms with Crippen molar-refractivity contribution in [1.29, 1.82) is 0 Å². The van der Waals surface area contributed by atoms with Crippen LogP contribution in [0.5, 0.6) is 0 Å². The van der Waals surface area contributed by atoms with Gasteiger partial charge in [-0.15, -0.1) is 7.92 Å². The van der Waals surface area contributed by atoms with Crippen molar-refractivity contribution in [2.45, 2.75) is 60.4 Å². The Hall–Kier alpha value is -0.400. The van der Waals surface area contributed by atoms with Crippen molar-refractivity contribution in [3.8, 4) is 0 Å². The van der Waals surface area contributed by atoms with E-state index in [0.717, 1.165) is 12.3 Å². The SMILES string of the molecule is CCP(C)C(OC(=O)OC(=O)OC(CP(C)C)C(C)(C)C)C(C)(C)C. The molecule has 0 amide bonds. The molecule has 0 rings (SSSR count). The van der Waals surface area contributed by atoms with Gasteiger partial charge < -0.3 is 14.2 Å². The van der Waals surface area contributed by atoms with E-state index in [1.54, 1.807) is 0 Å². The summed E-state index contributed by atoms with van der Waals surface area (Å²) < 4.78 is 15.6. The van der Waals surface area contributed by atoms with Crippen LogP contribution in [0.15, 0.2) is 0 Å². The molecule has 0 saturated carbocycles. The first-order chi connectivity index (χ1) is 11.2. The molecule has 7 heteroatoms. The minimum atomic E-state index is -0.980. The van der Waals surface area contributed by atoms with Gasteiger partial charge in [0.15, 0.2) is 0 Å². The molecule has 0 aliphatic carbocycles. The Morgan fingerprint density at radius 3 is 1.72 bits per heavy atom. The fourth-order valence-electron chi connectivity index (χ4n) is 2.24. The number of ether oxygens (including phenoxy) is 3. The van der Waals surface area contributed by atoms with Crippen molar-refractivity contribution in [2.24, 2.45) is 10.8 Å². The summed E-state index contributed by atoms with van der Waals surface area (Å²) in [6.45, 7) is 20.4. The largest absolute Gasteiger partial charge is 0.519 e. The van der Waals surface area contributed by atoms with E-state index in [1.165, 1.54) is 0 Å². The van der Waals surface area contributed by atoms with Crippen LogP contribution >= 0.6 is 15.8 Å². The van der Waals surface area contributed by atoms with Crippen LogP contribution in [0.1, 0.15) is 48.5 Å². The number of rotatable bonds is 6. The lowest BCUT2D eigenvalue weighted by atomic mass is 9.90. The zero-order valence-electron chi connectivity index (χ0n) is 17.5. The molecule has 0 aliphatic heterocycles. The highest BCUT2D eigenvalue weighted by atomic mass is 31.1. The van der Waals surface area contributed by atoms with E-state index in [0.29, 0.717) is 0 Å². The van der Waals surface area contributed by atoms with Crippen molar-refractivity contribution in [3.63, 3.8) is 0 Å². The van der Waals surface area contributed by atoms with Gasteiger partial charge in [0.2, 0.25) is 0 Å². The van der Waals surface area contributed by atoms with E-state index in [2.05, 4.69) is 26.9 Å². The Morgan fingerprint density at radius 2 is 1.36 bits per heavy atom. The molecule has 3 unspecified atom stereocenters. The maximum absolute atomic E-state index is 12.1. The second-order valence-electron chi connectivity index (χ2n) is 8.75. The van der Waals surface area contributed by atoms with Crippen LogP contribution in [-0.4, -0.2) is 56.6 Å². The van der Waals surface area contributed by atoms with Gasteiger partial charge in [0, 0.05) is 11.6 Å². The van der Waals surface area contributed by atoms with Crippen LogP contribution in [0.4, 0.5) is 9.59 Å². The molecular weight excluding hydrogens is 358 g/mol. The maximum atomic E-state index is 12.1. The van der Waals surface area contributed by atoms with E-state index in [1.807, 2.05) is 41.5 Å². The Kier molecular flexibility index (Phi) is 9.91. The Morgan fingerprint density at radius 1 is 0.880 bits per heavy atom. The molecule has 0 saturated heterocycles. The molecule has 25 heavy (non-hydrogen) atoms. The third-order valence-electron chi connectivity index (χ3n) is 3.75. The average molecular weight is 394 g/mol. The third-order valence-corrected chi connectivity index (χ3v) is 7.49. The summed E-state index contributed by atoms with van der Waals surface area (Å²) in [5.74, 6) is -0.273. The molecule has 5 nitrogen and oxygen atoms in total. The van der Waals surface area contributed by atoms with Crippen LogP contribution in [0.3, 0.4) is 0 Å². The standard InChI is InChI=1S/C18H36O5P2/c1-11-25(10)14(18(5,6)7)22-16(20)23-15(19)21-13(12-24(8)9)17(2,3)4/h13-14H,11-12H2,1-10H3. The van der Waals surface area contributed by atoms with Gasteiger partial charge in [-0.1, -0.05) is 56.4 Å². The number of carbonyl (C=O) groups is 2. The normalized spacial score (nSPS) is 16.1. The third kappa shape index (κ3) is 9.75. The average Bonchev–Trinajstić information content (AvgIpc) is 2.40. The van der Waals surface area contributed by atoms with E-state index in [4.69, 9.17) is 14.2 Å². The van der Waals surface area contributed by atoms with E-state index in [9.17, 15) is 9.59 Å². The Balaban J connectivity index is 4.84. The molecule has 0 N–H and O–H groups in total. The summed E-state index contributed by atoms with van der Waals surface area (Å²) >= 11 is 0. The molecule has 0 aromatic rings. The monoisotopic (exact) mass is 394 g/mol. The van der Waals surface area contributed by atoms with Crippen molar-refractivity contribution in [1.82, 2.24) is 0 Å². The molecule has 0 aromatic heterocycles. The number of hydrogen-bond acceptors (Lipinski definition) is 5. The van der Waals surface area contributed by atoms with Gasteiger partial charge in [-0.05, 0) is 31.6 Å². The fraction of sp³-hybridized carbons (Fsp3) is 0.889. The predicted molar refractivity (Wildman–Crippen MR) is 108 cm³/mol. The van der Waals surface area contributed by atoms with Crippen molar-refractivity contribution >= 4 is 28.2 Å². The molecule has 0 aromatic carbocycles. The molecule has 0 fully saturated rings. The highest BCUT2D eigenvalue weighted by Gasteiger charge is 2.35. The molecule has 0 radical (unpaired) electrons. The quantitative estimate of drug-likeness (QED) is 0.317. The summed E-state index contributed by atoms with van der Waals surface area (Å²) in [5, 5.41) is 0. The summed E-state index contributed by atoms with van der Waals surface area (Å²) in [7, 11) is -0.749. The van der Waals surface area contributed by atoms with Gasteiger partial charge in [-0.3, -0.25) is 0 Å².